The molecule has 0 spiro atoms. The lowest BCUT2D eigenvalue weighted by Crippen LogP contribution is -2.42. The number of carbonyl (C=O) groups is 2. The molecule has 1 heterocycles. The number of carboxylic acid groups (broad SMARTS) is 1. The number of carboxylic acids is 1. The third-order valence-electron chi connectivity index (χ3n) is 3.93. The van der Waals surface area contributed by atoms with Crippen LogP contribution in [0.2, 0.25) is 0 Å². The molecule has 1 aromatic carbocycles. The van der Waals surface area contributed by atoms with Crippen molar-refractivity contribution in [3.8, 4) is 0 Å². The van der Waals surface area contributed by atoms with E-state index in [1.807, 2.05) is 18.2 Å². The van der Waals surface area contributed by atoms with Crippen LogP contribution < -0.4 is 11.1 Å². The van der Waals surface area contributed by atoms with Gasteiger partial charge in [0, 0.05) is 11.8 Å². The Balaban J connectivity index is 2.15. The number of primary amides is 1. The van der Waals surface area contributed by atoms with Crippen molar-refractivity contribution >= 4 is 17.6 Å². The lowest BCUT2D eigenvalue weighted by Gasteiger charge is -2.35. The van der Waals surface area contributed by atoms with Crippen LogP contribution in [0, 0.1) is 5.92 Å². The largest absolute Gasteiger partial charge is 0.480 e. The Kier molecular flexibility index (Phi) is 2.55. The Morgan fingerprint density at radius 3 is 2.84 bits per heavy atom. The van der Waals surface area contributed by atoms with Crippen molar-refractivity contribution in [3.63, 3.8) is 0 Å². The van der Waals surface area contributed by atoms with Crippen LogP contribution in [0.4, 0.5) is 5.69 Å². The van der Waals surface area contributed by atoms with E-state index in [-0.39, 0.29) is 11.8 Å². The van der Waals surface area contributed by atoms with Crippen LogP contribution in [-0.4, -0.2) is 23.0 Å². The number of para-hydroxylation sites is 1. The summed E-state index contributed by atoms with van der Waals surface area (Å²) in [6.07, 6.45) is 4.75. The van der Waals surface area contributed by atoms with Crippen LogP contribution in [0.5, 0.6) is 0 Å². The number of aliphatic carboxylic acids is 1. The second-order valence-corrected chi connectivity index (χ2v) is 4.95. The number of allylic oxidation sites excluding steroid dienone is 2. The topological polar surface area (TPSA) is 92.4 Å². The van der Waals surface area contributed by atoms with E-state index in [0.29, 0.717) is 11.3 Å². The van der Waals surface area contributed by atoms with Gasteiger partial charge in [0.15, 0.2) is 0 Å². The summed E-state index contributed by atoms with van der Waals surface area (Å²) in [5.74, 6) is -1.41. The third kappa shape index (κ3) is 1.69. The quantitative estimate of drug-likeness (QED) is 0.698. The normalized spacial score (nSPS) is 27.3. The van der Waals surface area contributed by atoms with Gasteiger partial charge in [0.1, 0.15) is 6.04 Å². The highest BCUT2D eigenvalue weighted by molar-refractivity contribution is 6.00. The molecule has 5 heteroatoms. The zero-order chi connectivity index (χ0) is 13.6. The zero-order valence-electron chi connectivity index (χ0n) is 10.2. The Labute approximate surface area is 110 Å². The zero-order valence-corrected chi connectivity index (χ0v) is 10.2. The number of hydrogen-bond acceptors (Lipinski definition) is 3. The Morgan fingerprint density at radius 2 is 2.16 bits per heavy atom. The van der Waals surface area contributed by atoms with Crippen molar-refractivity contribution in [3.05, 3.63) is 41.5 Å². The van der Waals surface area contributed by atoms with Crippen molar-refractivity contribution < 1.29 is 14.7 Å². The van der Waals surface area contributed by atoms with Crippen LogP contribution >= 0.6 is 0 Å². The highest BCUT2D eigenvalue weighted by atomic mass is 16.4. The first-order valence-electron chi connectivity index (χ1n) is 6.18. The number of benzene rings is 1. The van der Waals surface area contributed by atoms with Crippen molar-refractivity contribution in [2.24, 2.45) is 11.7 Å². The van der Waals surface area contributed by atoms with Crippen molar-refractivity contribution in [1.82, 2.24) is 0 Å². The molecule has 0 aromatic heterocycles. The molecule has 0 radical (unpaired) electrons. The highest BCUT2D eigenvalue weighted by Gasteiger charge is 2.41. The molecule has 0 bridgehead atoms. The molecule has 1 amide bonds. The number of nitrogens with two attached hydrogens (primary N) is 1. The fraction of sp³-hybridized carbons (Fsp3) is 0.286. The molecule has 4 N–H and O–H groups in total. The van der Waals surface area contributed by atoms with E-state index in [1.165, 1.54) is 0 Å². The van der Waals surface area contributed by atoms with Gasteiger partial charge in [-0.05, 0) is 18.1 Å². The molecule has 0 saturated carbocycles. The van der Waals surface area contributed by atoms with Gasteiger partial charge in [0.05, 0.1) is 11.3 Å². The first kappa shape index (κ1) is 11.8. The fourth-order valence-electron chi connectivity index (χ4n) is 3.07. The summed E-state index contributed by atoms with van der Waals surface area (Å²) in [7, 11) is 0. The van der Waals surface area contributed by atoms with Gasteiger partial charge < -0.3 is 16.2 Å². The maximum absolute atomic E-state index is 11.5. The minimum atomic E-state index is -0.899. The number of carbonyl (C=O) groups excluding carboxylic acids is 1. The van der Waals surface area contributed by atoms with Gasteiger partial charge in [-0.2, -0.15) is 0 Å². The van der Waals surface area contributed by atoms with Gasteiger partial charge in [-0.25, -0.2) is 4.79 Å². The molecule has 98 valence electrons. The first-order chi connectivity index (χ1) is 9.09. The van der Waals surface area contributed by atoms with Crippen LogP contribution in [0.15, 0.2) is 30.4 Å². The molecule has 5 nitrogen and oxygen atoms in total. The smallest absolute Gasteiger partial charge is 0.326 e. The van der Waals surface area contributed by atoms with Gasteiger partial charge in [-0.3, -0.25) is 4.79 Å². The third-order valence-corrected chi connectivity index (χ3v) is 3.93. The van der Waals surface area contributed by atoms with Gasteiger partial charge in [-0.15, -0.1) is 0 Å². The number of anilines is 1. The number of fused-ring (bicyclic) bond motifs is 3. The molecular weight excluding hydrogens is 244 g/mol. The van der Waals surface area contributed by atoms with Crippen LogP contribution in [0.25, 0.3) is 0 Å². The Morgan fingerprint density at radius 1 is 1.37 bits per heavy atom. The number of nitrogens with one attached hydrogen (secondary N) is 1. The summed E-state index contributed by atoms with van der Waals surface area (Å²) in [4.78, 5) is 22.8. The van der Waals surface area contributed by atoms with E-state index in [0.717, 1.165) is 12.0 Å². The molecule has 19 heavy (non-hydrogen) atoms. The average Bonchev–Trinajstić information content (AvgIpc) is 2.85. The van der Waals surface area contributed by atoms with E-state index in [9.17, 15) is 14.7 Å². The van der Waals surface area contributed by atoms with Crippen LogP contribution in [0.1, 0.15) is 28.3 Å². The molecule has 1 aliphatic heterocycles. The minimum absolute atomic E-state index is 0.00636. The predicted molar refractivity (Wildman–Crippen MR) is 70.0 cm³/mol. The molecule has 0 fully saturated rings. The standard InChI is InChI=1S/C14H14N2O3/c15-13(17)10-6-2-4-8-7-3-1-5-9(7)12(14(18)19)16-11(8)10/h1-4,6-7,9,12,16H,5H2,(H2,15,17)(H,18,19)/t7-,9+,12-/m0/s1. The number of hydrogen-bond donors (Lipinski definition) is 3. The van der Waals surface area contributed by atoms with Gasteiger partial charge in [-0.1, -0.05) is 24.3 Å². The van der Waals surface area contributed by atoms with E-state index >= 15 is 0 Å². The molecule has 0 unspecified atom stereocenters. The van der Waals surface area contributed by atoms with Gasteiger partial charge in [0.2, 0.25) is 0 Å². The summed E-state index contributed by atoms with van der Waals surface area (Å²) in [5.41, 5.74) is 7.22. The van der Waals surface area contributed by atoms with Crippen LogP contribution in [0.3, 0.4) is 0 Å². The molecule has 1 aliphatic carbocycles. The van der Waals surface area contributed by atoms with Crippen LogP contribution in [-0.2, 0) is 4.79 Å². The minimum Gasteiger partial charge on any atom is -0.480 e. The van der Waals surface area contributed by atoms with E-state index < -0.39 is 17.9 Å². The highest BCUT2D eigenvalue weighted by Crippen LogP contribution is 2.45. The number of amides is 1. The fourth-order valence-corrected chi connectivity index (χ4v) is 3.07. The summed E-state index contributed by atoms with van der Waals surface area (Å²) in [6.45, 7) is 0. The summed E-state index contributed by atoms with van der Waals surface area (Å²) in [5, 5.41) is 12.3. The Hall–Kier alpha value is -2.30. The van der Waals surface area contributed by atoms with E-state index in [1.54, 1.807) is 12.1 Å². The summed E-state index contributed by atoms with van der Waals surface area (Å²) in [6, 6.07) is 4.63. The van der Waals surface area contributed by atoms with Crippen molar-refractivity contribution in [2.75, 3.05) is 5.32 Å². The number of rotatable bonds is 2. The van der Waals surface area contributed by atoms with E-state index in [2.05, 4.69) is 5.32 Å². The molecule has 1 aromatic rings. The molecule has 3 atom stereocenters. The van der Waals surface area contributed by atoms with Gasteiger partial charge in [0.25, 0.3) is 5.91 Å². The molecule has 0 saturated heterocycles. The summed E-state index contributed by atoms with van der Waals surface area (Å²) >= 11 is 0. The monoisotopic (exact) mass is 258 g/mol. The molecule has 2 aliphatic rings. The predicted octanol–water partition coefficient (Wildman–Crippen LogP) is 1.32. The molecule has 3 rings (SSSR count). The second kappa shape index (κ2) is 4.12. The first-order valence-corrected chi connectivity index (χ1v) is 6.18. The second-order valence-electron chi connectivity index (χ2n) is 4.95. The van der Waals surface area contributed by atoms with Gasteiger partial charge >= 0.3 is 5.97 Å². The SMILES string of the molecule is NC(=O)c1cccc2c1N[C@H](C(=O)O)[C@@H]1CC=C[C@@H]21. The van der Waals surface area contributed by atoms with E-state index in [4.69, 9.17) is 5.73 Å². The maximum atomic E-state index is 11.5. The van der Waals surface area contributed by atoms with Crippen molar-refractivity contribution in [1.29, 1.82) is 0 Å². The summed E-state index contributed by atoms with van der Waals surface area (Å²) < 4.78 is 0. The lowest BCUT2D eigenvalue weighted by molar-refractivity contribution is -0.139. The average molecular weight is 258 g/mol. The maximum Gasteiger partial charge on any atom is 0.326 e. The Bertz CT molecular complexity index is 594. The lowest BCUT2D eigenvalue weighted by atomic mass is 9.78. The van der Waals surface area contributed by atoms with Crippen molar-refractivity contribution in [2.45, 2.75) is 18.4 Å². The molecular formula is C14H14N2O3.